The van der Waals surface area contributed by atoms with Crippen LogP contribution in [0.1, 0.15) is 50.5 Å². The van der Waals surface area contributed by atoms with Gasteiger partial charge in [-0.25, -0.2) is 0 Å². The maximum absolute atomic E-state index is 12.1. The van der Waals surface area contributed by atoms with Crippen LogP contribution in [0.25, 0.3) is 0 Å². The van der Waals surface area contributed by atoms with E-state index in [0.29, 0.717) is 5.56 Å². The standard InChI is InChI=1S/C18H26N2O4/c1-11(17(23)24)12(2)20-15(21)10-19-16(22)13-6-8-14(9-7-13)18(3,4)5/h6-9,11-12H,10H2,1-5H3,(H,19,22)(H,20,21)(H,23,24). The van der Waals surface area contributed by atoms with E-state index >= 15 is 0 Å². The Morgan fingerprint density at radius 1 is 1.08 bits per heavy atom. The van der Waals surface area contributed by atoms with Gasteiger partial charge in [0.05, 0.1) is 12.5 Å². The maximum atomic E-state index is 12.1. The van der Waals surface area contributed by atoms with Gasteiger partial charge in [0.1, 0.15) is 0 Å². The lowest BCUT2D eigenvalue weighted by Crippen LogP contribution is -2.44. The van der Waals surface area contributed by atoms with Crippen LogP contribution >= 0.6 is 0 Å². The normalized spacial score (nSPS) is 13.7. The summed E-state index contributed by atoms with van der Waals surface area (Å²) in [7, 11) is 0. The highest BCUT2D eigenvalue weighted by Crippen LogP contribution is 2.22. The van der Waals surface area contributed by atoms with Crippen molar-refractivity contribution in [2.24, 2.45) is 5.92 Å². The van der Waals surface area contributed by atoms with Crippen LogP contribution in [0.5, 0.6) is 0 Å². The van der Waals surface area contributed by atoms with Gasteiger partial charge in [-0.3, -0.25) is 14.4 Å². The summed E-state index contributed by atoms with van der Waals surface area (Å²) in [5, 5.41) is 14.0. The lowest BCUT2D eigenvalue weighted by Gasteiger charge is -2.19. The van der Waals surface area contributed by atoms with Gasteiger partial charge in [-0.15, -0.1) is 0 Å². The molecule has 6 nitrogen and oxygen atoms in total. The van der Waals surface area contributed by atoms with Gasteiger partial charge in [0.15, 0.2) is 0 Å². The van der Waals surface area contributed by atoms with Crippen molar-refractivity contribution in [1.82, 2.24) is 10.6 Å². The fraction of sp³-hybridized carbons (Fsp3) is 0.500. The zero-order valence-corrected chi connectivity index (χ0v) is 14.8. The Morgan fingerprint density at radius 3 is 2.08 bits per heavy atom. The molecule has 0 saturated heterocycles. The second kappa shape index (κ2) is 7.95. The minimum atomic E-state index is -0.981. The lowest BCUT2D eigenvalue weighted by atomic mass is 9.87. The zero-order valence-electron chi connectivity index (χ0n) is 14.8. The van der Waals surface area contributed by atoms with E-state index in [4.69, 9.17) is 5.11 Å². The third-order valence-corrected chi connectivity index (χ3v) is 3.95. The number of carbonyl (C=O) groups is 3. The Balaban J connectivity index is 2.54. The fourth-order valence-electron chi connectivity index (χ4n) is 2.03. The van der Waals surface area contributed by atoms with E-state index in [9.17, 15) is 14.4 Å². The van der Waals surface area contributed by atoms with Gasteiger partial charge in [-0.1, -0.05) is 32.9 Å². The van der Waals surface area contributed by atoms with Gasteiger partial charge < -0.3 is 15.7 Å². The molecule has 2 atom stereocenters. The molecule has 0 radical (unpaired) electrons. The molecule has 1 aromatic rings. The number of carbonyl (C=O) groups excluding carboxylic acids is 2. The van der Waals surface area contributed by atoms with Gasteiger partial charge >= 0.3 is 5.97 Å². The molecule has 0 fully saturated rings. The number of aliphatic carboxylic acids is 1. The van der Waals surface area contributed by atoms with Crippen LogP contribution in [0.3, 0.4) is 0 Å². The van der Waals surface area contributed by atoms with E-state index in [2.05, 4.69) is 31.4 Å². The number of hydrogen-bond acceptors (Lipinski definition) is 3. The molecule has 1 aromatic carbocycles. The number of carboxylic acids is 1. The van der Waals surface area contributed by atoms with Crippen molar-refractivity contribution in [3.05, 3.63) is 35.4 Å². The molecule has 0 bridgehead atoms. The molecule has 2 unspecified atom stereocenters. The molecule has 0 heterocycles. The second-order valence-electron chi connectivity index (χ2n) is 6.99. The third-order valence-electron chi connectivity index (χ3n) is 3.95. The molecule has 2 amide bonds. The molecule has 0 aromatic heterocycles. The molecule has 0 aliphatic heterocycles. The minimum Gasteiger partial charge on any atom is -0.481 e. The van der Waals surface area contributed by atoms with Crippen LogP contribution < -0.4 is 10.6 Å². The van der Waals surface area contributed by atoms with Gasteiger partial charge in [0.25, 0.3) is 5.91 Å². The summed E-state index contributed by atoms with van der Waals surface area (Å²) in [5.74, 6) is -2.44. The van der Waals surface area contributed by atoms with E-state index in [-0.39, 0.29) is 17.9 Å². The Morgan fingerprint density at radius 2 is 1.62 bits per heavy atom. The number of nitrogens with one attached hydrogen (secondary N) is 2. The molecular formula is C18H26N2O4. The highest BCUT2D eigenvalue weighted by Gasteiger charge is 2.21. The van der Waals surface area contributed by atoms with E-state index in [1.165, 1.54) is 6.92 Å². The van der Waals surface area contributed by atoms with Crippen LogP contribution in [0, 0.1) is 5.92 Å². The molecule has 3 N–H and O–H groups in total. The SMILES string of the molecule is CC(NC(=O)CNC(=O)c1ccc(C(C)(C)C)cc1)C(C)C(=O)O. The fourth-order valence-corrected chi connectivity index (χ4v) is 2.03. The van der Waals surface area contributed by atoms with Crippen LogP contribution in [-0.2, 0) is 15.0 Å². The topological polar surface area (TPSA) is 95.5 Å². The van der Waals surface area contributed by atoms with Gasteiger partial charge in [-0.05, 0) is 37.0 Å². The Hall–Kier alpha value is -2.37. The first-order chi connectivity index (χ1) is 11.0. The number of benzene rings is 1. The van der Waals surface area contributed by atoms with Crippen LogP contribution in [-0.4, -0.2) is 35.5 Å². The van der Waals surface area contributed by atoms with E-state index in [0.717, 1.165) is 5.56 Å². The van der Waals surface area contributed by atoms with Gasteiger partial charge in [0.2, 0.25) is 5.91 Å². The molecular weight excluding hydrogens is 308 g/mol. The summed E-state index contributed by atoms with van der Waals surface area (Å²) in [6.45, 7) is 9.20. The number of rotatable bonds is 6. The maximum Gasteiger partial charge on any atom is 0.308 e. The molecule has 0 aliphatic carbocycles. The van der Waals surface area contributed by atoms with Crippen molar-refractivity contribution in [3.63, 3.8) is 0 Å². The van der Waals surface area contributed by atoms with E-state index in [1.807, 2.05) is 12.1 Å². The predicted octanol–water partition coefficient (Wildman–Crippen LogP) is 1.94. The summed E-state index contributed by atoms with van der Waals surface area (Å²) >= 11 is 0. The summed E-state index contributed by atoms with van der Waals surface area (Å²) in [5.41, 5.74) is 1.60. The first kappa shape index (κ1) is 19.7. The number of carboxylic acid groups (broad SMARTS) is 1. The van der Waals surface area contributed by atoms with Crippen molar-refractivity contribution in [2.75, 3.05) is 6.54 Å². The molecule has 0 saturated carbocycles. The highest BCUT2D eigenvalue weighted by molar-refractivity contribution is 5.96. The largest absolute Gasteiger partial charge is 0.481 e. The van der Waals surface area contributed by atoms with Gasteiger partial charge in [-0.2, -0.15) is 0 Å². The van der Waals surface area contributed by atoms with Crippen molar-refractivity contribution in [1.29, 1.82) is 0 Å². The highest BCUT2D eigenvalue weighted by atomic mass is 16.4. The van der Waals surface area contributed by atoms with Crippen molar-refractivity contribution >= 4 is 17.8 Å². The second-order valence-corrected chi connectivity index (χ2v) is 6.99. The lowest BCUT2D eigenvalue weighted by molar-refractivity contribution is -0.142. The van der Waals surface area contributed by atoms with E-state index < -0.39 is 23.8 Å². The van der Waals surface area contributed by atoms with Gasteiger partial charge in [0, 0.05) is 11.6 Å². The number of amides is 2. The summed E-state index contributed by atoms with van der Waals surface area (Å²) in [4.78, 5) is 34.7. The third kappa shape index (κ3) is 5.68. The Kier molecular flexibility index (Phi) is 6.51. The molecule has 6 heteroatoms. The average Bonchev–Trinajstić information content (AvgIpc) is 2.50. The predicted molar refractivity (Wildman–Crippen MR) is 91.9 cm³/mol. The summed E-state index contributed by atoms with van der Waals surface area (Å²) < 4.78 is 0. The first-order valence-electron chi connectivity index (χ1n) is 7.93. The average molecular weight is 334 g/mol. The summed E-state index contributed by atoms with van der Waals surface area (Å²) in [6.07, 6.45) is 0. The first-order valence-corrected chi connectivity index (χ1v) is 7.93. The summed E-state index contributed by atoms with van der Waals surface area (Å²) in [6, 6.07) is 6.72. The van der Waals surface area contributed by atoms with Crippen LogP contribution in [0.4, 0.5) is 0 Å². The Bertz CT molecular complexity index is 602. The monoisotopic (exact) mass is 334 g/mol. The van der Waals surface area contributed by atoms with Crippen LogP contribution in [0.2, 0.25) is 0 Å². The van der Waals surface area contributed by atoms with Crippen molar-refractivity contribution in [2.45, 2.75) is 46.1 Å². The minimum absolute atomic E-state index is 0.00582. The smallest absolute Gasteiger partial charge is 0.308 e. The molecule has 24 heavy (non-hydrogen) atoms. The Labute approximate surface area is 142 Å². The zero-order chi connectivity index (χ0) is 18.5. The van der Waals surface area contributed by atoms with Crippen LogP contribution in [0.15, 0.2) is 24.3 Å². The van der Waals surface area contributed by atoms with Crippen molar-refractivity contribution < 1.29 is 19.5 Å². The molecule has 1 rings (SSSR count). The quantitative estimate of drug-likeness (QED) is 0.741. The molecule has 0 aliphatic rings. The van der Waals surface area contributed by atoms with E-state index in [1.54, 1.807) is 19.1 Å². The number of hydrogen-bond donors (Lipinski definition) is 3. The van der Waals surface area contributed by atoms with Crippen molar-refractivity contribution in [3.8, 4) is 0 Å². The molecule has 0 spiro atoms. The molecule has 132 valence electrons.